The Morgan fingerprint density at radius 1 is 0.356 bits per heavy atom. The standard InChI is InChI=1S/C8H8O4.C8H10O4.C8H10O3.3C6H4O5.C6H6O3.4CH4.3O2/c1-6(10)11-5-8-3-2-7(4-9)12-8;1-2-11-5-6-3-4-7(12-6)8(9)10;1-2-10-6-8-4-3-7(5-9)11-8;3*7-5(8)3-1-2-4(11-3)6(9)10;7-3-5-1-2-6(4-8)9-5;;;;;3*1-2/h2-4H,5H2,1H3;3-4H,2,5H2,1H3,(H,9,10);3-5H,2,6H2,1H3;3*1-2H,(H,7,8)(H,9,10);1-3,8H,4H2;4*1H4;;;. The monoisotopic (exact) mass is 1250 g/mol. The van der Waals surface area contributed by atoms with E-state index in [1.165, 1.54) is 25.1 Å². The van der Waals surface area contributed by atoms with Gasteiger partial charge < -0.3 is 86.0 Å². The number of ether oxygens (including phenoxy) is 3. The number of aliphatic hydroxyl groups is 1. The number of carbonyl (C=O) groups is 11. The minimum atomic E-state index is -1.28. The van der Waals surface area contributed by atoms with E-state index in [0.717, 1.165) is 36.4 Å². The summed E-state index contributed by atoms with van der Waals surface area (Å²) in [5.41, 5.74) is 0. The molecule has 35 nitrogen and oxygen atoms in total. The van der Waals surface area contributed by atoms with Gasteiger partial charge in [-0.15, -0.1) is 0 Å². The van der Waals surface area contributed by atoms with Gasteiger partial charge in [0.05, 0.1) is 0 Å². The number of carboxylic acid groups (broad SMARTS) is 7. The van der Waals surface area contributed by atoms with Gasteiger partial charge in [0.2, 0.25) is 40.3 Å². The van der Waals surface area contributed by atoms with E-state index in [0.29, 0.717) is 74.1 Å². The van der Waals surface area contributed by atoms with Crippen molar-refractivity contribution < 1.29 is 139 Å². The first-order valence-electron chi connectivity index (χ1n) is 21.5. The molecule has 7 aromatic heterocycles. The molecule has 8 N–H and O–H groups in total. The topological polar surface area (TPSA) is 572 Å². The van der Waals surface area contributed by atoms with Crippen LogP contribution in [0.15, 0.2) is 116 Å². The molecule has 0 saturated carbocycles. The molecule has 0 bridgehead atoms. The second-order valence-electron chi connectivity index (χ2n) is 13.4. The van der Waals surface area contributed by atoms with E-state index in [2.05, 4.69) is 18.0 Å². The fourth-order valence-electron chi connectivity index (χ4n) is 4.47. The van der Waals surface area contributed by atoms with E-state index >= 15 is 0 Å². The largest absolute Gasteiger partial charge is 0.475 e. The SMILES string of the molecule is C.C.C.C.CC(=O)OCc1ccc(C=O)o1.CCOCc1ccc(C(=O)O)o1.CCOCc1ccc(C=O)o1.O=C(O)c1ccc(C(=O)O)o1.O=C(O)c1ccc(C(=O)O)o1.O=C(O)c1ccc(C(=O)O)o1.O=Cc1ccc(CO)o1.O=O.O=O.O=O. The second kappa shape index (κ2) is 52.5. The van der Waals surface area contributed by atoms with Gasteiger partial charge in [0, 0.05) is 49.9 Å². The molecule has 0 spiro atoms. The van der Waals surface area contributed by atoms with Crippen LogP contribution in [-0.2, 0) is 45.4 Å². The van der Waals surface area contributed by atoms with Crippen LogP contribution in [-0.4, -0.2) is 121 Å². The van der Waals surface area contributed by atoms with Crippen LogP contribution >= 0.6 is 0 Å². The summed E-state index contributed by atoms with van der Waals surface area (Å²) in [4.78, 5) is 154. The molecule has 7 rings (SSSR count). The van der Waals surface area contributed by atoms with Gasteiger partial charge in [-0.05, 0) is 98.8 Å². The molecule has 0 atom stereocenters. The first kappa shape index (κ1) is 89.2. The van der Waals surface area contributed by atoms with Gasteiger partial charge in [-0.25, -0.2) is 33.6 Å². The number of hydrogen-bond donors (Lipinski definition) is 8. The Hall–Kier alpha value is -11.6. The summed E-state index contributed by atoms with van der Waals surface area (Å²) >= 11 is 0. The number of aliphatic hydroxyl groups excluding tert-OH is 1. The molecule has 0 saturated heterocycles. The van der Waals surface area contributed by atoms with E-state index < -0.39 is 41.8 Å². The first-order valence-corrected chi connectivity index (χ1v) is 21.5. The molecule has 0 unspecified atom stereocenters. The maximum atomic E-state index is 10.4. The lowest BCUT2D eigenvalue weighted by Crippen LogP contribution is -1.97. The molecule has 0 amide bonds. The van der Waals surface area contributed by atoms with Crippen molar-refractivity contribution >= 4 is 66.6 Å². The highest BCUT2D eigenvalue weighted by atomic mass is 16.7. The summed E-state index contributed by atoms with van der Waals surface area (Å²) in [6.07, 6.45) is 1.87. The zero-order valence-electron chi connectivity index (χ0n) is 42.7. The Bertz CT molecular complexity index is 2820. The number of carbonyl (C=O) groups excluding carboxylic acids is 4. The van der Waals surface area contributed by atoms with Gasteiger partial charge >= 0.3 is 47.8 Å². The molecule has 0 radical (unpaired) electrons. The Kier molecular flexibility index (Phi) is 53.8. The zero-order valence-corrected chi connectivity index (χ0v) is 42.7. The molecular formula is C52H62O35. The number of aromatic carboxylic acids is 7. The summed E-state index contributed by atoms with van der Waals surface area (Å²) in [7, 11) is 0. The van der Waals surface area contributed by atoms with Crippen LogP contribution in [0.1, 0.15) is 179 Å². The number of furan rings is 7. The van der Waals surface area contributed by atoms with Crippen molar-refractivity contribution in [1.82, 2.24) is 0 Å². The fourth-order valence-corrected chi connectivity index (χ4v) is 4.47. The number of hydrogen-bond acceptors (Lipinski definition) is 28. The van der Waals surface area contributed by atoms with Gasteiger partial charge in [-0.2, -0.15) is 0 Å². The number of rotatable bonds is 19. The molecule has 35 heteroatoms. The third-order valence-electron chi connectivity index (χ3n) is 7.82. The van der Waals surface area contributed by atoms with Crippen LogP contribution in [0.2, 0.25) is 0 Å². The average molecular weight is 1250 g/mol. The van der Waals surface area contributed by atoms with Crippen molar-refractivity contribution in [1.29, 1.82) is 0 Å². The third-order valence-corrected chi connectivity index (χ3v) is 7.82. The predicted octanol–water partition coefficient (Wildman–Crippen LogP) is 9.66. The summed E-state index contributed by atoms with van der Waals surface area (Å²) < 4.78 is 47.6. The van der Waals surface area contributed by atoms with Crippen molar-refractivity contribution in [3.63, 3.8) is 0 Å². The molecule has 0 aromatic carbocycles. The Balaban J connectivity index is -0.000000168. The van der Waals surface area contributed by atoms with Crippen LogP contribution in [0, 0.1) is 29.8 Å². The van der Waals surface area contributed by atoms with Crippen LogP contribution in [0.5, 0.6) is 0 Å². The Morgan fingerprint density at radius 3 is 0.770 bits per heavy atom. The van der Waals surface area contributed by atoms with Crippen molar-refractivity contribution in [3.05, 3.63) is 195 Å². The van der Waals surface area contributed by atoms with Crippen LogP contribution in [0.3, 0.4) is 0 Å². The van der Waals surface area contributed by atoms with Crippen molar-refractivity contribution in [3.8, 4) is 0 Å². The first-order chi connectivity index (χ1) is 39.5. The highest BCUT2D eigenvalue weighted by molar-refractivity contribution is 5.90. The maximum Gasteiger partial charge on any atom is 0.371 e. The van der Waals surface area contributed by atoms with Crippen LogP contribution < -0.4 is 0 Å². The number of esters is 1. The quantitative estimate of drug-likeness (QED) is 0.0276. The van der Waals surface area contributed by atoms with E-state index in [1.807, 2.05) is 13.8 Å². The van der Waals surface area contributed by atoms with E-state index in [9.17, 15) is 52.7 Å². The van der Waals surface area contributed by atoms with E-state index in [1.54, 1.807) is 30.3 Å². The van der Waals surface area contributed by atoms with E-state index in [4.69, 9.17) is 97.8 Å². The molecule has 0 aliphatic heterocycles. The smallest absolute Gasteiger partial charge is 0.371 e. The van der Waals surface area contributed by atoms with Crippen molar-refractivity contribution in [2.45, 2.75) is 76.9 Å². The van der Waals surface area contributed by atoms with Gasteiger partial charge in [-0.1, -0.05) is 29.7 Å². The maximum absolute atomic E-state index is 10.4. The highest BCUT2D eigenvalue weighted by Crippen LogP contribution is 2.12. The second-order valence-corrected chi connectivity index (χ2v) is 13.4. The molecule has 7 aromatic rings. The summed E-state index contributed by atoms with van der Waals surface area (Å²) in [5.74, 6) is -8.47. The fraction of sp³-hybridized carbons (Fsp3) is 0.250. The van der Waals surface area contributed by atoms with Gasteiger partial charge in [0.15, 0.2) is 36.1 Å². The Labute approximate surface area is 489 Å². The van der Waals surface area contributed by atoms with Gasteiger partial charge in [0.25, 0.3) is 0 Å². The summed E-state index contributed by atoms with van der Waals surface area (Å²) in [6, 6.07) is 19.1. The Morgan fingerprint density at radius 2 is 0.575 bits per heavy atom. The molecule has 87 heavy (non-hydrogen) atoms. The average Bonchev–Trinajstić information content (AvgIpc) is 4.51. The van der Waals surface area contributed by atoms with Crippen molar-refractivity contribution in [2.75, 3.05) is 13.2 Å². The highest BCUT2D eigenvalue weighted by Gasteiger charge is 2.15. The zero-order chi connectivity index (χ0) is 64.0. The molecule has 480 valence electrons. The summed E-state index contributed by atoms with van der Waals surface area (Å²) in [6.45, 7) is 6.99. The minimum absolute atomic E-state index is 0. The number of aldehydes is 3. The van der Waals surface area contributed by atoms with Crippen LogP contribution in [0.4, 0.5) is 0 Å². The normalized spacial score (nSPS) is 8.64. The lowest BCUT2D eigenvalue weighted by molar-refractivity contribution is -0.142. The predicted molar refractivity (Wildman–Crippen MR) is 295 cm³/mol. The molecular weight excluding hydrogens is 1180 g/mol. The number of carboxylic acids is 7. The van der Waals surface area contributed by atoms with Gasteiger partial charge in [0.1, 0.15) is 49.5 Å². The molecule has 0 fully saturated rings. The third kappa shape index (κ3) is 38.7. The lowest BCUT2D eigenvalue weighted by Gasteiger charge is -1.96. The minimum Gasteiger partial charge on any atom is -0.475 e. The molecule has 0 aliphatic rings. The summed E-state index contributed by atoms with van der Waals surface area (Å²) in [5, 5.41) is 66.7. The molecule has 7 heterocycles. The van der Waals surface area contributed by atoms with Crippen molar-refractivity contribution in [2.24, 2.45) is 0 Å². The lowest BCUT2D eigenvalue weighted by atomic mass is 10.4. The molecule has 0 aliphatic carbocycles. The van der Waals surface area contributed by atoms with Crippen LogP contribution in [0.25, 0.3) is 0 Å². The van der Waals surface area contributed by atoms with Gasteiger partial charge in [-0.3, -0.25) is 19.2 Å². The van der Waals surface area contributed by atoms with E-state index in [-0.39, 0.29) is 101 Å².